The number of rotatable bonds is 2. The van der Waals surface area contributed by atoms with Crippen molar-refractivity contribution < 1.29 is 4.74 Å². The number of para-hydroxylation sites is 1. The van der Waals surface area contributed by atoms with E-state index in [1.165, 1.54) is 6.33 Å². The number of aromatic nitrogens is 2. The van der Waals surface area contributed by atoms with Crippen LogP contribution in [0.5, 0.6) is 11.6 Å². The Kier molecular flexibility index (Phi) is 2.10. The zero-order chi connectivity index (χ0) is 9.97. The van der Waals surface area contributed by atoms with Gasteiger partial charge in [-0.1, -0.05) is 18.2 Å². The number of nitrogens with two attached hydrogens (primary N) is 1. The van der Waals surface area contributed by atoms with Gasteiger partial charge >= 0.3 is 0 Å². The summed E-state index contributed by atoms with van der Waals surface area (Å²) in [5.41, 5.74) is 6.65. The van der Waals surface area contributed by atoms with Gasteiger partial charge in [0.15, 0.2) is 5.82 Å². The van der Waals surface area contributed by atoms with Gasteiger partial charge in [-0.15, -0.1) is 0 Å². The van der Waals surface area contributed by atoms with Gasteiger partial charge in [0.2, 0.25) is 0 Å². The number of aromatic amines is 1. The number of nitrogens with one attached hydrogen (secondary N) is 1. The second-order valence-corrected chi connectivity index (χ2v) is 2.99. The Labute approximate surface area is 81.7 Å². The molecule has 0 aliphatic heterocycles. The van der Waals surface area contributed by atoms with E-state index in [9.17, 15) is 0 Å². The van der Waals surface area contributed by atoms with Crippen LogP contribution < -0.4 is 10.5 Å². The van der Waals surface area contributed by atoms with Crippen LogP contribution in [-0.2, 0) is 0 Å². The lowest BCUT2D eigenvalue weighted by Gasteiger charge is -2.05. The highest BCUT2D eigenvalue weighted by atomic mass is 16.5. The lowest BCUT2D eigenvalue weighted by molar-refractivity contribution is 0.464. The number of H-pyrrole nitrogens is 1. The van der Waals surface area contributed by atoms with E-state index in [0.29, 0.717) is 11.7 Å². The molecule has 0 aliphatic carbocycles. The number of nitrogen functional groups attached to an aromatic ring is 1. The predicted molar refractivity (Wildman–Crippen MR) is 54.3 cm³/mol. The van der Waals surface area contributed by atoms with E-state index in [0.717, 1.165) is 11.3 Å². The van der Waals surface area contributed by atoms with E-state index >= 15 is 0 Å². The van der Waals surface area contributed by atoms with Crippen LogP contribution in [0, 0.1) is 6.92 Å². The molecule has 0 spiro atoms. The summed E-state index contributed by atoms with van der Waals surface area (Å²) >= 11 is 0. The van der Waals surface area contributed by atoms with Crippen molar-refractivity contribution in [3.8, 4) is 11.6 Å². The van der Waals surface area contributed by atoms with Gasteiger partial charge in [0.05, 0.1) is 6.33 Å². The first-order valence-electron chi connectivity index (χ1n) is 4.29. The molecule has 4 heteroatoms. The molecule has 1 aromatic heterocycles. The van der Waals surface area contributed by atoms with Crippen molar-refractivity contribution in [1.82, 2.24) is 9.97 Å². The molecule has 0 aliphatic rings. The fraction of sp³-hybridized carbons (Fsp3) is 0.100. The van der Waals surface area contributed by atoms with Crippen LogP contribution in [0.3, 0.4) is 0 Å². The number of imidazole rings is 1. The maximum atomic E-state index is 5.60. The van der Waals surface area contributed by atoms with Gasteiger partial charge < -0.3 is 15.5 Å². The SMILES string of the molecule is Cc1ccccc1Oc1nc[nH]c1N. The van der Waals surface area contributed by atoms with Crippen molar-refractivity contribution in [2.45, 2.75) is 6.92 Å². The van der Waals surface area contributed by atoms with Crippen molar-refractivity contribution in [2.75, 3.05) is 5.73 Å². The molecule has 14 heavy (non-hydrogen) atoms. The average Bonchev–Trinajstić information content (AvgIpc) is 2.56. The first-order chi connectivity index (χ1) is 6.77. The standard InChI is InChI=1S/C10H11N3O/c1-7-4-2-3-5-8(7)14-10-9(11)12-6-13-10/h2-6H,11H2,1H3,(H,12,13). The minimum Gasteiger partial charge on any atom is -0.436 e. The summed E-state index contributed by atoms with van der Waals surface area (Å²) in [6.45, 7) is 1.97. The Morgan fingerprint density at radius 2 is 2.14 bits per heavy atom. The van der Waals surface area contributed by atoms with Gasteiger partial charge in [-0.25, -0.2) is 4.98 Å². The van der Waals surface area contributed by atoms with Gasteiger partial charge in [0, 0.05) is 0 Å². The zero-order valence-electron chi connectivity index (χ0n) is 7.82. The van der Waals surface area contributed by atoms with Gasteiger partial charge in [-0.2, -0.15) is 0 Å². The van der Waals surface area contributed by atoms with Gasteiger partial charge in [-0.05, 0) is 18.6 Å². The predicted octanol–water partition coefficient (Wildman–Crippen LogP) is 2.09. The third-order valence-corrected chi connectivity index (χ3v) is 1.93. The number of ether oxygens (including phenoxy) is 1. The van der Waals surface area contributed by atoms with Crippen LogP contribution in [0.1, 0.15) is 5.56 Å². The average molecular weight is 189 g/mol. The molecule has 1 heterocycles. The van der Waals surface area contributed by atoms with Gasteiger partial charge in [0.1, 0.15) is 5.75 Å². The van der Waals surface area contributed by atoms with Crippen molar-refractivity contribution in [1.29, 1.82) is 0 Å². The minimum atomic E-state index is 0.416. The quantitative estimate of drug-likeness (QED) is 0.760. The number of aryl methyl sites for hydroxylation is 1. The van der Waals surface area contributed by atoms with E-state index in [-0.39, 0.29) is 0 Å². The Hall–Kier alpha value is -1.97. The topological polar surface area (TPSA) is 63.9 Å². The third kappa shape index (κ3) is 1.54. The van der Waals surface area contributed by atoms with Crippen molar-refractivity contribution in [3.05, 3.63) is 36.2 Å². The molecule has 0 saturated heterocycles. The summed E-state index contributed by atoms with van der Waals surface area (Å²) in [5.74, 6) is 1.62. The van der Waals surface area contributed by atoms with E-state index in [1.54, 1.807) is 0 Å². The Balaban J connectivity index is 2.28. The number of benzene rings is 1. The van der Waals surface area contributed by atoms with Gasteiger partial charge in [0.25, 0.3) is 5.88 Å². The van der Waals surface area contributed by atoms with Crippen LogP contribution in [0.15, 0.2) is 30.6 Å². The molecule has 0 amide bonds. The van der Waals surface area contributed by atoms with Crippen LogP contribution in [0.4, 0.5) is 5.82 Å². The molecule has 3 N–H and O–H groups in total. The van der Waals surface area contributed by atoms with Crippen LogP contribution >= 0.6 is 0 Å². The maximum absolute atomic E-state index is 5.60. The fourth-order valence-corrected chi connectivity index (χ4v) is 1.15. The van der Waals surface area contributed by atoms with E-state index < -0.39 is 0 Å². The lowest BCUT2D eigenvalue weighted by Crippen LogP contribution is -1.92. The zero-order valence-corrected chi connectivity index (χ0v) is 7.82. The molecule has 2 aromatic rings. The molecule has 0 radical (unpaired) electrons. The number of nitrogens with zero attached hydrogens (tertiary/aromatic N) is 1. The van der Waals surface area contributed by atoms with Crippen LogP contribution in [-0.4, -0.2) is 9.97 Å². The number of hydrogen-bond donors (Lipinski definition) is 2. The largest absolute Gasteiger partial charge is 0.436 e. The Morgan fingerprint density at radius 3 is 2.79 bits per heavy atom. The number of anilines is 1. The molecular weight excluding hydrogens is 178 g/mol. The van der Waals surface area contributed by atoms with E-state index in [4.69, 9.17) is 10.5 Å². The molecule has 0 saturated carbocycles. The monoisotopic (exact) mass is 189 g/mol. The summed E-state index contributed by atoms with van der Waals surface area (Å²) < 4.78 is 5.51. The molecule has 72 valence electrons. The third-order valence-electron chi connectivity index (χ3n) is 1.93. The van der Waals surface area contributed by atoms with Crippen molar-refractivity contribution in [2.24, 2.45) is 0 Å². The minimum absolute atomic E-state index is 0.416. The molecule has 0 atom stereocenters. The summed E-state index contributed by atoms with van der Waals surface area (Å²) in [6, 6.07) is 7.71. The first-order valence-corrected chi connectivity index (χ1v) is 4.29. The van der Waals surface area contributed by atoms with Crippen LogP contribution in [0.25, 0.3) is 0 Å². The smallest absolute Gasteiger partial charge is 0.262 e. The second-order valence-electron chi connectivity index (χ2n) is 2.99. The van der Waals surface area contributed by atoms with Gasteiger partial charge in [-0.3, -0.25) is 0 Å². The fourth-order valence-electron chi connectivity index (χ4n) is 1.15. The first kappa shape index (κ1) is 8.62. The Bertz CT molecular complexity index is 436. The maximum Gasteiger partial charge on any atom is 0.262 e. The normalized spacial score (nSPS) is 10.1. The van der Waals surface area contributed by atoms with Crippen molar-refractivity contribution >= 4 is 5.82 Å². The molecule has 0 bridgehead atoms. The molecular formula is C10H11N3O. The molecule has 4 nitrogen and oxygen atoms in total. The molecule has 2 rings (SSSR count). The van der Waals surface area contributed by atoms with E-state index in [2.05, 4.69) is 9.97 Å². The summed E-state index contributed by atoms with van der Waals surface area (Å²) in [7, 11) is 0. The lowest BCUT2D eigenvalue weighted by atomic mass is 10.2. The summed E-state index contributed by atoms with van der Waals surface area (Å²) in [4.78, 5) is 6.70. The Morgan fingerprint density at radius 1 is 1.36 bits per heavy atom. The summed E-state index contributed by atoms with van der Waals surface area (Å²) in [6.07, 6.45) is 1.50. The second kappa shape index (κ2) is 3.41. The summed E-state index contributed by atoms with van der Waals surface area (Å²) in [5, 5.41) is 0. The van der Waals surface area contributed by atoms with Crippen LogP contribution in [0.2, 0.25) is 0 Å². The highest BCUT2D eigenvalue weighted by Crippen LogP contribution is 2.25. The highest BCUT2D eigenvalue weighted by Gasteiger charge is 2.05. The van der Waals surface area contributed by atoms with Crippen molar-refractivity contribution in [3.63, 3.8) is 0 Å². The number of hydrogen-bond acceptors (Lipinski definition) is 3. The molecule has 1 aromatic carbocycles. The van der Waals surface area contributed by atoms with E-state index in [1.807, 2.05) is 31.2 Å². The highest BCUT2D eigenvalue weighted by molar-refractivity contribution is 5.44. The molecule has 0 fully saturated rings. The molecule has 0 unspecified atom stereocenters.